The molecule has 0 spiro atoms. The fraction of sp³-hybridized carbons (Fsp3) is 0.375. The first kappa shape index (κ1) is 24.4. The van der Waals surface area contributed by atoms with Crippen molar-refractivity contribution in [3.8, 4) is 0 Å². The van der Waals surface area contributed by atoms with Crippen LogP contribution in [0.3, 0.4) is 0 Å². The van der Waals surface area contributed by atoms with Crippen LogP contribution in [0, 0.1) is 13.8 Å². The Labute approximate surface area is 206 Å². The van der Waals surface area contributed by atoms with Gasteiger partial charge in [-0.3, -0.25) is 29.1 Å². The van der Waals surface area contributed by atoms with Gasteiger partial charge < -0.3 is 15.5 Å². The summed E-state index contributed by atoms with van der Waals surface area (Å²) in [6.45, 7) is 4.04. The Bertz CT molecular complexity index is 1380. The molecule has 35 heavy (non-hydrogen) atoms. The van der Waals surface area contributed by atoms with Crippen LogP contribution < -0.4 is 26.4 Å². The number of piperidine rings is 1. The summed E-state index contributed by atoms with van der Waals surface area (Å²) in [5.74, 6) is -0.628. The number of hydrogen-bond donors (Lipinski definition) is 3. The number of rotatable bonds is 7. The number of hydrogen-bond acceptors (Lipinski definition) is 8. The van der Waals surface area contributed by atoms with Crippen LogP contribution in [0.5, 0.6) is 0 Å². The van der Waals surface area contributed by atoms with Crippen molar-refractivity contribution >= 4 is 51.3 Å². The van der Waals surface area contributed by atoms with E-state index >= 15 is 0 Å². The second kappa shape index (κ2) is 9.87. The summed E-state index contributed by atoms with van der Waals surface area (Å²) in [6.07, 6.45) is 0.435. The lowest BCUT2D eigenvalue weighted by molar-refractivity contribution is -0.135. The zero-order chi connectivity index (χ0) is 25.3. The van der Waals surface area contributed by atoms with E-state index in [0.717, 1.165) is 21.8 Å². The number of fused-ring (bicyclic) bond motifs is 1. The molecule has 1 atom stereocenters. The van der Waals surface area contributed by atoms with E-state index in [4.69, 9.17) is 0 Å². The van der Waals surface area contributed by atoms with Gasteiger partial charge in [0.25, 0.3) is 5.56 Å². The van der Waals surface area contributed by atoms with Crippen LogP contribution in [0.2, 0.25) is 0 Å². The molecule has 0 bridgehead atoms. The molecule has 1 unspecified atom stereocenters. The number of anilines is 2. The van der Waals surface area contributed by atoms with Crippen LogP contribution in [0.1, 0.15) is 35.1 Å². The molecule has 10 nitrogen and oxygen atoms in total. The highest BCUT2D eigenvalue weighted by molar-refractivity contribution is 7.11. The first-order valence-electron chi connectivity index (χ1n) is 11.3. The van der Waals surface area contributed by atoms with Gasteiger partial charge in [-0.25, -0.2) is 4.98 Å². The molecule has 3 heterocycles. The molecular formula is C24H28N6O4S. The largest absolute Gasteiger partial charge is 0.377 e. The van der Waals surface area contributed by atoms with E-state index < -0.39 is 11.9 Å². The number of aryl methyl sites for hydroxylation is 2. The minimum atomic E-state index is -0.763. The van der Waals surface area contributed by atoms with Gasteiger partial charge in [0.2, 0.25) is 17.7 Å². The maximum absolute atomic E-state index is 13.1. The monoisotopic (exact) mass is 496 g/mol. The molecule has 1 aliphatic rings. The number of nitrogens with zero attached hydrogens (tertiary/aromatic N) is 3. The molecular weight excluding hydrogens is 468 g/mol. The van der Waals surface area contributed by atoms with Gasteiger partial charge in [-0.15, -0.1) is 11.3 Å². The third kappa shape index (κ3) is 5.04. The first-order valence-corrected chi connectivity index (χ1v) is 12.1. The molecule has 2 aromatic heterocycles. The predicted octanol–water partition coefficient (Wildman–Crippen LogP) is 1.85. The second-order valence-corrected chi connectivity index (χ2v) is 9.71. The van der Waals surface area contributed by atoms with Gasteiger partial charge in [0, 0.05) is 37.3 Å². The lowest BCUT2D eigenvalue weighted by Gasteiger charge is -2.24. The molecule has 1 fully saturated rings. The summed E-state index contributed by atoms with van der Waals surface area (Å²) in [4.78, 5) is 56.7. The van der Waals surface area contributed by atoms with Crippen LogP contribution in [-0.4, -0.2) is 47.9 Å². The quantitative estimate of drug-likeness (QED) is 0.426. The number of thiophene rings is 1. The maximum Gasteiger partial charge on any atom is 0.262 e. The van der Waals surface area contributed by atoms with Crippen molar-refractivity contribution < 1.29 is 14.4 Å². The molecule has 1 saturated heterocycles. The Morgan fingerprint density at radius 3 is 2.74 bits per heavy atom. The molecule has 1 aromatic carbocycles. The molecule has 0 radical (unpaired) electrons. The third-order valence-electron chi connectivity index (χ3n) is 6.02. The fourth-order valence-corrected chi connectivity index (χ4v) is 5.10. The number of imide groups is 1. The van der Waals surface area contributed by atoms with E-state index in [9.17, 15) is 19.2 Å². The summed E-state index contributed by atoms with van der Waals surface area (Å²) in [6, 6.07) is 5.17. The zero-order valence-electron chi connectivity index (χ0n) is 20.1. The maximum atomic E-state index is 13.1. The highest BCUT2D eigenvalue weighted by Gasteiger charge is 2.30. The first-order chi connectivity index (χ1) is 16.7. The van der Waals surface area contributed by atoms with E-state index in [1.165, 1.54) is 15.9 Å². The standard InChI is InChI=1S/C24H28N6O4S/c1-13-5-6-15(9-18(13)29(3)4)25-11-21(32)26-10-19-22-16(12-35-19)24(34)30(14(2)27-22)17-7-8-20(31)28-23(17)33/h5-6,9,12,17,25H,7-8,10-11H2,1-4H3,(H,26,32)(H,28,31,33). The zero-order valence-corrected chi connectivity index (χ0v) is 20.9. The predicted molar refractivity (Wildman–Crippen MR) is 136 cm³/mol. The van der Waals surface area contributed by atoms with E-state index in [1.807, 2.05) is 44.1 Å². The Balaban J connectivity index is 1.44. The van der Waals surface area contributed by atoms with Gasteiger partial charge in [0.05, 0.1) is 28.9 Å². The van der Waals surface area contributed by atoms with Crippen molar-refractivity contribution in [1.82, 2.24) is 20.2 Å². The number of aromatic nitrogens is 2. The summed E-state index contributed by atoms with van der Waals surface area (Å²) in [7, 11) is 3.94. The number of carbonyl (C=O) groups is 3. The lowest BCUT2D eigenvalue weighted by Crippen LogP contribution is -2.45. The van der Waals surface area contributed by atoms with Crippen LogP contribution in [0.15, 0.2) is 28.4 Å². The molecule has 1 aliphatic heterocycles. The van der Waals surface area contributed by atoms with Gasteiger partial charge in [0.15, 0.2) is 0 Å². The summed E-state index contributed by atoms with van der Waals surface area (Å²) < 4.78 is 1.35. The molecule has 3 aromatic rings. The molecule has 0 saturated carbocycles. The van der Waals surface area contributed by atoms with Crippen LogP contribution >= 0.6 is 11.3 Å². The number of carbonyl (C=O) groups excluding carboxylic acids is 3. The van der Waals surface area contributed by atoms with Crippen molar-refractivity contribution in [2.45, 2.75) is 39.3 Å². The highest BCUT2D eigenvalue weighted by Crippen LogP contribution is 2.25. The van der Waals surface area contributed by atoms with Crippen LogP contribution in [0.25, 0.3) is 10.9 Å². The third-order valence-corrected chi connectivity index (χ3v) is 7.00. The number of nitrogens with one attached hydrogen (secondary N) is 3. The molecule has 3 N–H and O–H groups in total. The van der Waals surface area contributed by atoms with Crippen molar-refractivity contribution in [2.75, 3.05) is 30.9 Å². The normalized spacial score (nSPS) is 15.7. The second-order valence-electron chi connectivity index (χ2n) is 8.75. The summed E-state index contributed by atoms with van der Waals surface area (Å²) in [5.41, 5.74) is 3.26. The molecule has 3 amide bonds. The molecule has 11 heteroatoms. The Kier molecular flexibility index (Phi) is 6.88. The minimum Gasteiger partial charge on any atom is -0.377 e. The Hall–Kier alpha value is -3.73. The number of benzene rings is 1. The average Bonchev–Trinajstić information content (AvgIpc) is 3.21. The SMILES string of the molecule is Cc1ccc(NCC(=O)NCc2scc3c(=O)n(C4CCC(=O)NC4=O)c(C)nc23)cc1N(C)C. The average molecular weight is 497 g/mol. The Morgan fingerprint density at radius 1 is 1.26 bits per heavy atom. The minimum absolute atomic E-state index is 0.105. The van der Waals surface area contributed by atoms with Crippen molar-refractivity contribution in [3.63, 3.8) is 0 Å². The molecule has 184 valence electrons. The molecule has 4 rings (SSSR count). The smallest absolute Gasteiger partial charge is 0.262 e. The van der Waals surface area contributed by atoms with Crippen LogP contribution in [0.4, 0.5) is 11.4 Å². The van der Waals surface area contributed by atoms with Gasteiger partial charge in [-0.1, -0.05) is 6.07 Å². The molecule has 0 aliphatic carbocycles. The van der Waals surface area contributed by atoms with Crippen molar-refractivity contribution in [1.29, 1.82) is 0 Å². The van der Waals surface area contributed by atoms with Crippen molar-refractivity contribution in [3.05, 3.63) is 50.2 Å². The van der Waals surface area contributed by atoms with E-state index in [1.54, 1.807) is 12.3 Å². The fourth-order valence-electron chi connectivity index (χ4n) is 4.20. The topological polar surface area (TPSA) is 125 Å². The Morgan fingerprint density at radius 2 is 2.03 bits per heavy atom. The lowest BCUT2D eigenvalue weighted by atomic mass is 10.1. The van der Waals surface area contributed by atoms with Crippen molar-refractivity contribution in [2.24, 2.45) is 0 Å². The van der Waals surface area contributed by atoms with Gasteiger partial charge in [-0.05, 0) is 38.0 Å². The van der Waals surface area contributed by atoms with Crippen LogP contribution in [-0.2, 0) is 20.9 Å². The van der Waals surface area contributed by atoms with E-state index in [0.29, 0.717) is 16.7 Å². The summed E-state index contributed by atoms with van der Waals surface area (Å²) >= 11 is 1.33. The van der Waals surface area contributed by atoms with Gasteiger partial charge in [0.1, 0.15) is 11.9 Å². The highest BCUT2D eigenvalue weighted by atomic mass is 32.1. The van der Waals surface area contributed by atoms with Gasteiger partial charge >= 0.3 is 0 Å². The van der Waals surface area contributed by atoms with E-state index in [2.05, 4.69) is 20.9 Å². The van der Waals surface area contributed by atoms with E-state index in [-0.39, 0.29) is 43.3 Å². The van der Waals surface area contributed by atoms with Gasteiger partial charge in [-0.2, -0.15) is 0 Å². The number of amides is 3. The summed E-state index contributed by atoms with van der Waals surface area (Å²) in [5, 5.41) is 10.4.